The van der Waals surface area contributed by atoms with E-state index in [9.17, 15) is 10.1 Å². The van der Waals surface area contributed by atoms with Gasteiger partial charge < -0.3 is 0 Å². The SMILES string of the molecule is CN(CN=[N+]=[N-])[N+](=O)[O-]. The minimum absolute atomic E-state index is 0.247. The Morgan fingerprint density at radius 2 is 2.56 bits per heavy atom. The van der Waals surface area contributed by atoms with Gasteiger partial charge in [-0.2, -0.15) is 0 Å². The van der Waals surface area contributed by atoms with Crippen molar-refractivity contribution < 1.29 is 5.03 Å². The van der Waals surface area contributed by atoms with E-state index in [1.54, 1.807) is 0 Å². The normalized spacial score (nSPS) is 7.67. The quantitative estimate of drug-likeness (QED) is 0.182. The molecular weight excluding hydrogens is 126 g/mol. The second kappa shape index (κ2) is 3.50. The molecule has 0 amide bonds. The van der Waals surface area contributed by atoms with Crippen LogP contribution in [0.4, 0.5) is 0 Å². The Hall–Kier alpha value is -1.49. The summed E-state index contributed by atoms with van der Waals surface area (Å²) in [5.74, 6) is 0. The van der Waals surface area contributed by atoms with Gasteiger partial charge in [0.1, 0.15) is 0 Å². The van der Waals surface area contributed by atoms with Crippen LogP contribution < -0.4 is 0 Å². The summed E-state index contributed by atoms with van der Waals surface area (Å²) in [5, 5.41) is 12.7. The van der Waals surface area contributed by atoms with E-state index in [-0.39, 0.29) is 6.67 Å². The van der Waals surface area contributed by atoms with Crippen LogP contribution in [0.25, 0.3) is 10.4 Å². The van der Waals surface area contributed by atoms with Gasteiger partial charge in [0.25, 0.3) is 0 Å². The average Bonchev–Trinajstić information content (AvgIpc) is 1.82. The summed E-state index contributed by atoms with van der Waals surface area (Å²) in [4.78, 5) is 12.1. The molecule has 0 aliphatic carbocycles. The predicted molar refractivity (Wildman–Crippen MR) is 28.8 cm³/mol. The molecule has 0 aliphatic heterocycles. The standard InChI is InChI=1S/C2H5N5O2/c1-6(7(8)9)2-4-5-3/h2H2,1H3. The second-order valence-electron chi connectivity index (χ2n) is 1.27. The first kappa shape index (κ1) is 7.51. The Kier molecular flexibility index (Phi) is 2.92. The van der Waals surface area contributed by atoms with Gasteiger partial charge in [0.15, 0.2) is 11.7 Å². The predicted octanol–water partition coefficient (Wildman–Crippen LogP) is 0.378. The molecule has 0 aromatic carbocycles. The average molecular weight is 131 g/mol. The van der Waals surface area contributed by atoms with Crippen LogP contribution in [0.3, 0.4) is 0 Å². The highest BCUT2D eigenvalue weighted by Gasteiger charge is 2.01. The lowest BCUT2D eigenvalue weighted by Gasteiger charge is -2.01. The maximum Gasteiger partial charge on any atom is 0.159 e. The minimum Gasteiger partial charge on any atom is -0.235 e. The molecule has 50 valence electrons. The number of nitro groups is 1. The Balaban J connectivity index is 3.63. The van der Waals surface area contributed by atoms with Crippen molar-refractivity contribution in [2.75, 3.05) is 13.7 Å². The van der Waals surface area contributed by atoms with Crippen molar-refractivity contribution in [3.63, 3.8) is 0 Å². The molecule has 0 aromatic heterocycles. The molecule has 0 N–H and O–H groups in total. The van der Waals surface area contributed by atoms with Crippen LogP contribution in [-0.2, 0) is 0 Å². The molecule has 0 rings (SSSR count). The van der Waals surface area contributed by atoms with Gasteiger partial charge in [0, 0.05) is 4.91 Å². The molecule has 0 unspecified atom stereocenters. The van der Waals surface area contributed by atoms with E-state index in [1.165, 1.54) is 7.05 Å². The molecule has 9 heavy (non-hydrogen) atoms. The highest BCUT2D eigenvalue weighted by atomic mass is 16.7. The topological polar surface area (TPSA) is 95.1 Å². The smallest absolute Gasteiger partial charge is 0.159 e. The summed E-state index contributed by atoms with van der Waals surface area (Å²) in [5.41, 5.74) is 7.71. The summed E-state index contributed by atoms with van der Waals surface area (Å²) >= 11 is 0. The van der Waals surface area contributed by atoms with Gasteiger partial charge in [-0.05, 0) is 5.53 Å². The number of hydrogen-bond donors (Lipinski definition) is 0. The van der Waals surface area contributed by atoms with E-state index in [2.05, 4.69) is 10.0 Å². The van der Waals surface area contributed by atoms with Crippen molar-refractivity contribution in [1.29, 1.82) is 0 Å². The lowest BCUT2D eigenvalue weighted by Crippen LogP contribution is -2.24. The number of hydrazine groups is 1. The van der Waals surface area contributed by atoms with E-state index >= 15 is 0 Å². The molecule has 0 heterocycles. The first-order valence-electron chi connectivity index (χ1n) is 2.04. The van der Waals surface area contributed by atoms with Crippen LogP contribution in [0.5, 0.6) is 0 Å². The summed E-state index contributed by atoms with van der Waals surface area (Å²) < 4.78 is 0. The lowest BCUT2D eigenvalue weighted by molar-refractivity contribution is -0.648. The Bertz CT molecular complexity index is 149. The zero-order valence-corrected chi connectivity index (χ0v) is 4.76. The first-order valence-corrected chi connectivity index (χ1v) is 2.04. The van der Waals surface area contributed by atoms with E-state index in [0.717, 1.165) is 0 Å². The first-order chi connectivity index (χ1) is 4.18. The maximum absolute atomic E-state index is 9.75. The third-order valence-corrected chi connectivity index (χ3v) is 0.610. The van der Waals surface area contributed by atoms with E-state index in [0.29, 0.717) is 5.01 Å². The molecule has 0 atom stereocenters. The summed E-state index contributed by atoms with van der Waals surface area (Å²) in [7, 11) is 1.22. The number of nitrogens with zero attached hydrogens (tertiary/aromatic N) is 5. The van der Waals surface area contributed by atoms with Gasteiger partial charge >= 0.3 is 0 Å². The molecule has 0 saturated carbocycles. The third-order valence-electron chi connectivity index (χ3n) is 0.610. The molecule has 0 saturated heterocycles. The van der Waals surface area contributed by atoms with E-state index in [1.807, 2.05) is 0 Å². The maximum atomic E-state index is 9.75. The van der Waals surface area contributed by atoms with Crippen molar-refractivity contribution in [1.82, 2.24) is 5.01 Å². The number of rotatable bonds is 3. The zero-order valence-electron chi connectivity index (χ0n) is 4.76. The molecule has 7 nitrogen and oxygen atoms in total. The van der Waals surface area contributed by atoms with Gasteiger partial charge in [-0.15, -0.1) is 5.01 Å². The van der Waals surface area contributed by atoms with Crippen LogP contribution in [0.15, 0.2) is 5.11 Å². The fourth-order valence-electron chi connectivity index (χ4n) is 0.171. The van der Waals surface area contributed by atoms with Crippen LogP contribution in [0, 0.1) is 10.1 Å². The molecule has 0 spiro atoms. The zero-order chi connectivity index (χ0) is 7.28. The van der Waals surface area contributed by atoms with Gasteiger partial charge in [-0.3, -0.25) is 0 Å². The summed E-state index contributed by atoms with van der Waals surface area (Å²) in [6.45, 7) is -0.247. The van der Waals surface area contributed by atoms with Gasteiger partial charge in [-0.1, -0.05) is 5.11 Å². The van der Waals surface area contributed by atoms with Crippen LogP contribution in [0.1, 0.15) is 0 Å². The monoisotopic (exact) mass is 131 g/mol. The van der Waals surface area contributed by atoms with Crippen molar-refractivity contribution in [2.45, 2.75) is 0 Å². The minimum atomic E-state index is -0.658. The molecule has 0 aliphatic rings. The summed E-state index contributed by atoms with van der Waals surface area (Å²) in [6.07, 6.45) is 0. The Labute approximate surface area is 50.6 Å². The molecule has 0 radical (unpaired) electrons. The van der Waals surface area contributed by atoms with Crippen molar-refractivity contribution in [2.24, 2.45) is 5.11 Å². The number of azide groups is 1. The van der Waals surface area contributed by atoms with Crippen molar-refractivity contribution in [3.05, 3.63) is 20.6 Å². The molecule has 0 fully saturated rings. The van der Waals surface area contributed by atoms with Crippen LogP contribution in [-0.4, -0.2) is 23.8 Å². The third kappa shape index (κ3) is 3.12. The van der Waals surface area contributed by atoms with Gasteiger partial charge in [-0.25, -0.2) is 10.1 Å². The van der Waals surface area contributed by atoms with Crippen LogP contribution in [0.2, 0.25) is 0 Å². The summed E-state index contributed by atoms with van der Waals surface area (Å²) in [6, 6.07) is 0. The largest absolute Gasteiger partial charge is 0.235 e. The fraction of sp³-hybridized carbons (Fsp3) is 1.00. The highest BCUT2D eigenvalue weighted by Crippen LogP contribution is 1.81. The Morgan fingerprint density at radius 3 is 2.89 bits per heavy atom. The van der Waals surface area contributed by atoms with Gasteiger partial charge in [0.2, 0.25) is 0 Å². The highest BCUT2D eigenvalue weighted by molar-refractivity contribution is 4.39. The van der Waals surface area contributed by atoms with Gasteiger partial charge in [0.05, 0.1) is 7.05 Å². The second-order valence-corrected chi connectivity index (χ2v) is 1.27. The lowest BCUT2D eigenvalue weighted by atomic mass is 11.0. The molecule has 0 bridgehead atoms. The van der Waals surface area contributed by atoms with Crippen LogP contribution >= 0.6 is 0 Å². The Morgan fingerprint density at radius 1 is 2.00 bits per heavy atom. The van der Waals surface area contributed by atoms with E-state index in [4.69, 9.17) is 5.53 Å². The molecule has 7 heteroatoms. The number of hydrogen-bond acceptors (Lipinski definition) is 3. The van der Waals surface area contributed by atoms with Crippen molar-refractivity contribution >= 4 is 0 Å². The fourth-order valence-corrected chi connectivity index (χ4v) is 0.171. The van der Waals surface area contributed by atoms with E-state index < -0.39 is 5.03 Å². The molecular formula is C2H5N5O2. The van der Waals surface area contributed by atoms with Crippen molar-refractivity contribution in [3.8, 4) is 0 Å². The molecule has 0 aromatic rings.